The van der Waals surface area contributed by atoms with E-state index in [2.05, 4.69) is 54.6 Å². The second-order valence-corrected chi connectivity index (χ2v) is 6.98. The SMILES string of the molecule is Cc1ccc(S2=NC(=O)[C@H]3CC=C[C@@H](C)[C@H]32)cc1. The van der Waals surface area contributed by atoms with Gasteiger partial charge in [0.1, 0.15) is 0 Å². The van der Waals surface area contributed by atoms with Crippen molar-refractivity contribution in [2.75, 3.05) is 0 Å². The first-order valence-electron chi connectivity index (χ1n) is 6.39. The van der Waals surface area contributed by atoms with E-state index >= 15 is 0 Å². The second-order valence-electron chi connectivity index (χ2n) is 5.15. The molecule has 94 valence electrons. The van der Waals surface area contributed by atoms with Crippen molar-refractivity contribution in [2.24, 2.45) is 16.2 Å². The molecule has 0 saturated heterocycles. The zero-order valence-corrected chi connectivity index (χ0v) is 11.5. The molecular formula is C15H17NOS. The van der Waals surface area contributed by atoms with Gasteiger partial charge in [-0.05, 0) is 31.4 Å². The third-order valence-electron chi connectivity index (χ3n) is 3.77. The predicted octanol–water partition coefficient (Wildman–Crippen LogP) is 3.28. The number of hydrogen-bond acceptors (Lipinski definition) is 1. The summed E-state index contributed by atoms with van der Waals surface area (Å²) in [5, 5.41) is 0.380. The third kappa shape index (κ3) is 1.87. The topological polar surface area (TPSA) is 29.4 Å². The molecular weight excluding hydrogens is 242 g/mol. The molecule has 1 amide bonds. The van der Waals surface area contributed by atoms with Crippen LogP contribution in [0.4, 0.5) is 0 Å². The van der Waals surface area contributed by atoms with Crippen LogP contribution in [0.15, 0.2) is 45.7 Å². The molecule has 18 heavy (non-hydrogen) atoms. The van der Waals surface area contributed by atoms with Gasteiger partial charge in [-0.25, -0.2) is 0 Å². The quantitative estimate of drug-likeness (QED) is 0.712. The van der Waals surface area contributed by atoms with E-state index in [0.29, 0.717) is 11.2 Å². The van der Waals surface area contributed by atoms with Gasteiger partial charge in [0, 0.05) is 10.1 Å². The van der Waals surface area contributed by atoms with Gasteiger partial charge in [-0.15, -0.1) is 0 Å². The highest BCUT2D eigenvalue weighted by atomic mass is 32.2. The fourth-order valence-corrected chi connectivity index (χ4v) is 5.08. The summed E-state index contributed by atoms with van der Waals surface area (Å²) < 4.78 is 4.43. The molecule has 1 aromatic rings. The summed E-state index contributed by atoms with van der Waals surface area (Å²) in [6.45, 7) is 4.29. The van der Waals surface area contributed by atoms with Crippen LogP contribution >= 0.6 is 0 Å². The fourth-order valence-electron chi connectivity index (χ4n) is 2.76. The van der Waals surface area contributed by atoms with Crippen molar-refractivity contribution >= 4 is 16.6 Å². The van der Waals surface area contributed by atoms with Crippen LogP contribution in [0.2, 0.25) is 0 Å². The first-order chi connectivity index (χ1) is 8.66. The number of carbonyl (C=O) groups is 1. The van der Waals surface area contributed by atoms with Gasteiger partial charge >= 0.3 is 0 Å². The highest BCUT2D eigenvalue weighted by Crippen LogP contribution is 2.37. The second kappa shape index (κ2) is 4.47. The van der Waals surface area contributed by atoms with Crippen molar-refractivity contribution < 1.29 is 4.79 Å². The Hall–Kier alpha value is -1.22. The molecule has 2 aliphatic rings. The van der Waals surface area contributed by atoms with Crippen LogP contribution in [-0.4, -0.2) is 11.2 Å². The van der Waals surface area contributed by atoms with Crippen LogP contribution in [0, 0.1) is 18.8 Å². The molecule has 0 spiro atoms. The van der Waals surface area contributed by atoms with Crippen molar-refractivity contribution in [3.63, 3.8) is 0 Å². The van der Waals surface area contributed by atoms with Gasteiger partial charge in [0.25, 0.3) is 5.91 Å². The van der Waals surface area contributed by atoms with Crippen LogP contribution in [0.3, 0.4) is 0 Å². The van der Waals surface area contributed by atoms with Crippen molar-refractivity contribution in [3.8, 4) is 0 Å². The summed E-state index contributed by atoms with van der Waals surface area (Å²) in [5.74, 6) is 0.679. The number of hydrogen-bond donors (Lipinski definition) is 0. The van der Waals surface area contributed by atoms with Crippen molar-refractivity contribution in [1.82, 2.24) is 0 Å². The minimum atomic E-state index is -0.251. The number of nitrogens with zero attached hydrogens (tertiary/aromatic N) is 1. The largest absolute Gasteiger partial charge is 0.272 e. The van der Waals surface area contributed by atoms with Crippen molar-refractivity contribution in [1.29, 1.82) is 0 Å². The summed E-state index contributed by atoms with van der Waals surface area (Å²) in [4.78, 5) is 13.2. The minimum Gasteiger partial charge on any atom is -0.272 e. The number of carbonyl (C=O) groups excluding carboxylic acids is 1. The van der Waals surface area contributed by atoms with Gasteiger partial charge in [0.05, 0.1) is 5.92 Å². The molecule has 3 heteroatoms. The molecule has 1 heterocycles. The first kappa shape index (κ1) is 11.8. The fraction of sp³-hybridized carbons (Fsp3) is 0.400. The van der Waals surface area contributed by atoms with E-state index in [1.807, 2.05) is 0 Å². The van der Waals surface area contributed by atoms with E-state index in [1.54, 1.807) is 0 Å². The lowest BCUT2D eigenvalue weighted by atomic mass is 9.87. The number of allylic oxidation sites excluding steroid dienone is 2. The molecule has 0 aromatic heterocycles. The molecule has 1 aliphatic carbocycles. The smallest absolute Gasteiger partial charge is 0.256 e. The Balaban J connectivity index is 2.01. The zero-order chi connectivity index (χ0) is 12.7. The molecule has 0 N–H and O–H groups in total. The minimum absolute atomic E-state index is 0.111. The van der Waals surface area contributed by atoms with Gasteiger partial charge in [-0.2, -0.15) is 4.36 Å². The third-order valence-corrected chi connectivity index (χ3v) is 6.18. The number of fused-ring (bicyclic) bond motifs is 1. The monoisotopic (exact) mass is 259 g/mol. The summed E-state index contributed by atoms with van der Waals surface area (Å²) >= 11 is 0. The standard InChI is InChI=1S/C15H17NOS/c1-10-6-8-12(9-7-10)18-14-11(2)4-3-5-13(14)15(17)16-18/h3-4,6-9,11,13-14H,5H2,1-2H3/t11-,13+,14-,18?/m1/s1. The lowest BCUT2D eigenvalue weighted by Gasteiger charge is -2.27. The Morgan fingerprint density at radius 2 is 2.00 bits per heavy atom. The highest BCUT2D eigenvalue weighted by molar-refractivity contribution is 7.88. The summed E-state index contributed by atoms with van der Waals surface area (Å²) in [6.07, 6.45) is 5.25. The molecule has 1 aromatic carbocycles. The van der Waals surface area contributed by atoms with Gasteiger partial charge in [0.15, 0.2) is 0 Å². The van der Waals surface area contributed by atoms with E-state index in [1.165, 1.54) is 10.5 Å². The predicted molar refractivity (Wildman–Crippen MR) is 74.4 cm³/mol. The Morgan fingerprint density at radius 1 is 1.28 bits per heavy atom. The molecule has 0 radical (unpaired) electrons. The molecule has 0 saturated carbocycles. The van der Waals surface area contributed by atoms with Gasteiger partial charge < -0.3 is 0 Å². The number of aryl methyl sites for hydroxylation is 1. The summed E-state index contributed by atoms with van der Waals surface area (Å²) in [6, 6.07) is 8.48. The lowest BCUT2D eigenvalue weighted by molar-refractivity contribution is -0.121. The van der Waals surface area contributed by atoms with E-state index in [9.17, 15) is 4.79 Å². The molecule has 4 atom stereocenters. The number of rotatable bonds is 1. The number of benzene rings is 1. The maximum atomic E-state index is 12.0. The van der Waals surface area contributed by atoms with E-state index in [0.717, 1.165) is 6.42 Å². The van der Waals surface area contributed by atoms with Gasteiger partial charge in [-0.1, -0.05) is 47.5 Å². The molecule has 3 rings (SSSR count). The van der Waals surface area contributed by atoms with Gasteiger partial charge in [-0.3, -0.25) is 4.79 Å². The van der Waals surface area contributed by atoms with Crippen LogP contribution in [-0.2, 0) is 15.5 Å². The highest BCUT2D eigenvalue weighted by Gasteiger charge is 2.41. The Kier molecular flexibility index (Phi) is 2.94. The van der Waals surface area contributed by atoms with Crippen LogP contribution in [0.25, 0.3) is 0 Å². The molecule has 1 unspecified atom stereocenters. The maximum Gasteiger partial charge on any atom is 0.256 e. The summed E-state index contributed by atoms with van der Waals surface area (Å²) in [5.41, 5.74) is 1.25. The van der Waals surface area contributed by atoms with E-state index < -0.39 is 0 Å². The van der Waals surface area contributed by atoms with Crippen LogP contribution in [0.5, 0.6) is 0 Å². The molecule has 2 nitrogen and oxygen atoms in total. The van der Waals surface area contributed by atoms with E-state index in [4.69, 9.17) is 0 Å². The summed E-state index contributed by atoms with van der Waals surface area (Å²) in [7, 11) is -0.251. The lowest BCUT2D eigenvalue weighted by Crippen LogP contribution is -2.31. The van der Waals surface area contributed by atoms with Gasteiger partial charge in [0.2, 0.25) is 0 Å². The average Bonchev–Trinajstić information content (AvgIpc) is 2.70. The van der Waals surface area contributed by atoms with Crippen molar-refractivity contribution in [2.45, 2.75) is 30.4 Å². The van der Waals surface area contributed by atoms with Crippen LogP contribution in [0.1, 0.15) is 18.9 Å². The number of amides is 1. The van der Waals surface area contributed by atoms with Crippen molar-refractivity contribution in [3.05, 3.63) is 42.0 Å². The Labute approximate surface area is 110 Å². The average molecular weight is 259 g/mol. The zero-order valence-electron chi connectivity index (χ0n) is 10.7. The van der Waals surface area contributed by atoms with Crippen LogP contribution < -0.4 is 0 Å². The molecule has 0 bridgehead atoms. The maximum absolute atomic E-state index is 12.0. The normalized spacial score (nSPS) is 34.2. The molecule has 1 aliphatic heterocycles. The Bertz CT molecular complexity index is 544. The Morgan fingerprint density at radius 3 is 2.72 bits per heavy atom. The molecule has 0 fully saturated rings. The first-order valence-corrected chi connectivity index (χ1v) is 7.63. The van der Waals surface area contributed by atoms with E-state index in [-0.39, 0.29) is 22.5 Å².